The van der Waals surface area contributed by atoms with Crippen LogP contribution in [0, 0.1) is 6.92 Å². The summed E-state index contributed by atoms with van der Waals surface area (Å²) in [4.78, 5) is 24.8. The SMILES string of the molecule is COc1nc2c(C(=O)Nc3cc(C)c4nn(C)cc4n3)ccc(N3C[C@H](C)N[C@@H](C)C3)c2s1. The van der Waals surface area contributed by atoms with Crippen LogP contribution in [-0.4, -0.2) is 57.9 Å². The summed E-state index contributed by atoms with van der Waals surface area (Å²) in [6.07, 6.45) is 1.84. The van der Waals surface area contributed by atoms with Crippen LogP contribution in [0.25, 0.3) is 21.3 Å². The Morgan fingerprint density at radius 1 is 1.21 bits per heavy atom. The molecule has 10 heteroatoms. The number of nitrogens with one attached hydrogen (secondary N) is 2. The summed E-state index contributed by atoms with van der Waals surface area (Å²) >= 11 is 1.46. The molecule has 4 heterocycles. The van der Waals surface area contributed by atoms with Crippen molar-refractivity contribution in [2.75, 3.05) is 30.4 Å². The molecular formula is C23H27N7O2S. The number of carbonyl (C=O) groups is 1. The van der Waals surface area contributed by atoms with Crippen LogP contribution in [0.3, 0.4) is 0 Å². The molecule has 33 heavy (non-hydrogen) atoms. The van der Waals surface area contributed by atoms with Gasteiger partial charge in [-0.3, -0.25) is 9.48 Å². The molecule has 1 amide bonds. The highest BCUT2D eigenvalue weighted by Crippen LogP contribution is 2.38. The molecule has 4 aromatic rings. The van der Waals surface area contributed by atoms with E-state index in [1.165, 1.54) is 11.3 Å². The number of carbonyl (C=O) groups excluding carboxylic acids is 1. The normalized spacial score (nSPS) is 18.8. The van der Waals surface area contributed by atoms with E-state index in [2.05, 4.69) is 44.4 Å². The first kappa shape index (κ1) is 21.6. The Balaban J connectivity index is 1.52. The summed E-state index contributed by atoms with van der Waals surface area (Å²) in [6.45, 7) is 8.10. The maximum Gasteiger partial charge on any atom is 0.274 e. The Hall–Kier alpha value is -3.24. The van der Waals surface area contributed by atoms with Gasteiger partial charge in [-0.2, -0.15) is 5.10 Å². The molecule has 1 saturated heterocycles. The van der Waals surface area contributed by atoms with E-state index in [0.717, 1.165) is 40.1 Å². The van der Waals surface area contributed by atoms with Gasteiger partial charge in [0.25, 0.3) is 11.1 Å². The van der Waals surface area contributed by atoms with E-state index in [1.807, 2.05) is 38.4 Å². The second kappa shape index (κ2) is 8.27. The number of aryl methyl sites for hydroxylation is 2. The monoisotopic (exact) mass is 465 g/mol. The molecule has 0 radical (unpaired) electrons. The number of ether oxygens (including phenoxy) is 1. The third-order valence-electron chi connectivity index (χ3n) is 5.84. The number of methoxy groups -OCH3 is 1. The lowest BCUT2D eigenvalue weighted by Crippen LogP contribution is -2.54. The smallest absolute Gasteiger partial charge is 0.274 e. The van der Waals surface area contributed by atoms with Crippen molar-refractivity contribution in [2.24, 2.45) is 7.05 Å². The number of thiazole rings is 1. The van der Waals surface area contributed by atoms with Crippen molar-refractivity contribution in [2.45, 2.75) is 32.9 Å². The number of amides is 1. The van der Waals surface area contributed by atoms with Gasteiger partial charge in [-0.1, -0.05) is 11.3 Å². The van der Waals surface area contributed by atoms with Crippen molar-refractivity contribution in [3.63, 3.8) is 0 Å². The molecule has 1 aliphatic heterocycles. The Morgan fingerprint density at radius 3 is 2.70 bits per heavy atom. The molecule has 0 spiro atoms. The number of nitrogens with zero attached hydrogens (tertiary/aromatic N) is 5. The Kier molecular flexibility index (Phi) is 5.41. The van der Waals surface area contributed by atoms with E-state index in [-0.39, 0.29) is 5.91 Å². The van der Waals surface area contributed by atoms with E-state index in [9.17, 15) is 4.79 Å². The second-order valence-electron chi connectivity index (χ2n) is 8.68. The molecule has 1 fully saturated rings. The van der Waals surface area contributed by atoms with Crippen LogP contribution in [-0.2, 0) is 7.05 Å². The molecular weight excluding hydrogens is 438 g/mol. The lowest BCUT2D eigenvalue weighted by molar-refractivity contribution is 0.102. The molecule has 0 unspecified atom stereocenters. The molecule has 0 saturated carbocycles. The van der Waals surface area contributed by atoms with Gasteiger partial charge in [-0.05, 0) is 44.5 Å². The second-order valence-corrected chi connectivity index (χ2v) is 9.64. The minimum Gasteiger partial charge on any atom is -0.473 e. The Bertz CT molecular complexity index is 1350. The van der Waals surface area contributed by atoms with Gasteiger partial charge in [0, 0.05) is 32.2 Å². The zero-order chi connectivity index (χ0) is 23.3. The van der Waals surface area contributed by atoms with Gasteiger partial charge in [-0.15, -0.1) is 0 Å². The quantitative estimate of drug-likeness (QED) is 0.477. The van der Waals surface area contributed by atoms with Gasteiger partial charge in [0.05, 0.1) is 29.3 Å². The lowest BCUT2D eigenvalue weighted by atomic mass is 10.1. The molecule has 0 aliphatic carbocycles. The van der Waals surface area contributed by atoms with Crippen molar-refractivity contribution in [1.29, 1.82) is 0 Å². The number of hydrogen-bond acceptors (Lipinski definition) is 8. The third kappa shape index (κ3) is 4.00. The van der Waals surface area contributed by atoms with E-state index in [1.54, 1.807) is 11.8 Å². The van der Waals surface area contributed by atoms with Crippen LogP contribution in [0.4, 0.5) is 11.5 Å². The summed E-state index contributed by atoms with van der Waals surface area (Å²) in [6, 6.07) is 6.45. The van der Waals surface area contributed by atoms with E-state index in [0.29, 0.717) is 34.2 Å². The summed E-state index contributed by atoms with van der Waals surface area (Å²) in [5.41, 5.74) is 4.73. The minimum absolute atomic E-state index is 0.253. The fraction of sp³-hybridized carbons (Fsp3) is 0.391. The zero-order valence-electron chi connectivity index (χ0n) is 19.3. The lowest BCUT2D eigenvalue weighted by Gasteiger charge is -2.37. The first-order valence-corrected chi connectivity index (χ1v) is 11.7. The number of pyridine rings is 1. The molecule has 0 bridgehead atoms. The molecule has 9 nitrogen and oxygen atoms in total. The van der Waals surface area contributed by atoms with Gasteiger partial charge < -0.3 is 20.3 Å². The predicted octanol–water partition coefficient (Wildman–Crippen LogP) is 3.33. The van der Waals surface area contributed by atoms with Gasteiger partial charge in [0.2, 0.25) is 0 Å². The summed E-state index contributed by atoms with van der Waals surface area (Å²) in [5.74, 6) is 0.235. The maximum atomic E-state index is 13.3. The van der Waals surface area contributed by atoms with Crippen LogP contribution in [0.2, 0.25) is 0 Å². The Morgan fingerprint density at radius 2 is 1.97 bits per heavy atom. The van der Waals surface area contributed by atoms with Crippen molar-refractivity contribution in [1.82, 2.24) is 25.1 Å². The largest absolute Gasteiger partial charge is 0.473 e. The van der Waals surface area contributed by atoms with Crippen molar-refractivity contribution in [3.05, 3.63) is 35.5 Å². The topological polar surface area (TPSA) is 97.2 Å². The average Bonchev–Trinajstić information content (AvgIpc) is 3.35. The number of anilines is 2. The molecule has 2 N–H and O–H groups in total. The van der Waals surface area contributed by atoms with Crippen molar-refractivity contribution in [3.8, 4) is 5.19 Å². The standard InChI is InChI=1S/C23H27N7O2S/c1-12-8-18(25-16-11-29(4)28-19(12)16)26-22(31)15-6-7-17(21-20(15)27-23(32-5)33-21)30-9-13(2)24-14(3)10-30/h6-8,11,13-14,24H,9-10H2,1-5H3,(H,25,26,31)/t13-,14-/m0/s1. The molecule has 1 aliphatic rings. The Labute approximate surface area is 195 Å². The average molecular weight is 466 g/mol. The molecule has 3 aromatic heterocycles. The number of piperazine rings is 1. The minimum atomic E-state index is -0.253. The molecule has 5 rings (SSSR count). The summed E-state index contributed by atoms with van der Waals surface area (Å²) in [5, 5.41) is 11.5. The highest BCUT2D eigenvalue weighted by molar-refractivity contribution is 7.21. The molecule has 172 valence electrons. The maximum absolute atomic E-state index is 13.3. The van der Waals surface area contributed by atoms with Crippen LogP contribution in [0.5, 0.6) is 5.19 Å². The fourth-order valence-corrected chi connectivity index (χ4v) is 5.49. The highest BCUT2D eigenvalue weighted by Gasteiger charge is 2.26. The summed E-state index contributed by atoms with van der Waals surface area (Å²) in [7, 11) is 3.45. The number of hydrogen-bond donors (Lipinski definition) is 2. The predicted molar refractivity (Wildman–Crippen MR) is 132 cm³/mol. The van der Waals surface area contributed by atoms with Crippen molar-refractivity contribution < 1.29 is 9.53 Å². The van der Waals surface area contributed by atoms with Crippen LogP contribution >= 0.6 is 11.3 Å². The highest BCUT2D eigenvalue weighted by atomic mass is 32.1. The number of fused-ring (bicyclic) bond motifs is 2. The van der Waals surface area contributed by atoms with Gasteiger partial charge in [-0.25, -0.2) is 9.97 Å². The first-order chi connectivity index (χ1) is 15.8. The number of rotatable bonds is 4. The number of benzene rings is 1. The first-order valence-electron chi connectivity index (χ1n) is 10.9. The van der Waals surface area contributed by atoms with Crippen LogP contribution in [0.15, 0.2) is 24.4 Å². The summed E-state index contributed by atoms with van der Waals surface area (Å²) < 4.78 is 8.10. The van der Waals surface area contributed by atoms with E-state index >= 15 is 0 Å². The van der Waals surface area contributed by atoms with E-state index < -0.39 is 0 Å². The van der Waals surface area contributed by atoms with Gasteiger partial charge >= 0.3 is 0 Å². The van der Waals surface area contributed by atoms with E-state index in [4.69, 9.17) is 4.74 Å². The molecule has 1 aromatic carbocycles. The van der Waals surface area contributed by atoms with Crippen LogP contribution < -0.4 is 20.3 Å². The van der Waals surface area contributed by atoms with Crippen molar-refractivity contribution >= 4 is 50.0 Å². The van der Waals surface area contributed by atoms with Gasteiger partial charge in [0.1, 0.15) is 22.4 Å². The molecule has 2 atom stereocenters. The van der Waals surface area contributed by atoms with Crippen LogP contribution in [0.1, 0.15) is 29.8 Å². The number of aromatic nitrogens is 4. The van der Waals surface area contributed by atoms with Gasteiger partial charge in [0.15, 0.2) is 0 Å². The third-order valence-corrected chi connectivity index (χ3v) is 6.88. The zero-order valence-corrected chi connectivity index (χ0v) is 20.2. The fourth-order valence-electron chi connectivity index (χ4n) is 4.54.